The summed E-state index contributed by atoms with van der Waals surface area (Å²) < 4.78 is 11.1. The van der Waals surface area contributed by atoms with Crippen molar-refractivity contribution >= 4 is 29.1 Å². The van der Waals surface area contributed by atoms with Crippen molar-refractivity contribution in [2.75, 3.05) is 18.3 Å². The third kappa shape index (κ3) is 4.40. The number of allylic oxidation sites excluding steroid dienone is 1. The lowest BCUT2D eigenvalue weighted by Gasteiger charge is -2.35. The fourth-order valence-corrected chi connectivity index (χ4v) is 4.64. The highest BCUT2D eigenvalue weighted by Crippen LogP contribution is 2.39. The van der Waals surface area contributed by atoms with E-state index in [0.717, 1.165) is 33.0 Å². The lowest BCUT2D eigenvalue weighted by molar-refractivity contribution is 0.244. The smallest absolute Gasteiger partial charge is 0.326 e. The van der Waals surface area contributed by atoms with Crippen molar-refractivity contribution in [2.45, 2.75) is 17.9 Å². The third-order valence-electron chi connectivity index (χ3n) is 5.91. The Kier molecular flexibility index (Phi) is 6.29. The maximum atomic E-state index is 13.4. The number of rotatable bonds is 6. The minimum Gasteiger partial charge on any atom is -0.497 e. The molecule has 1 N–H and O–H groups in total. The highest BCUT2D eigenvalue weighted by molar-refractivity contribution is 7.98. The number of amides is 2. The first-order valence-corrected chi connectivity index (χ1v) is 12.3. The quantitative estimate of drug-likeness (QED) is 0.330. The molecule has 0 radical (unpaired) electrons. The van der Waals surface area contributed by atoms with Crippen LogP contribution in [0.3, 0.4) is 0 Å². The number of aromatic nitrogens is 2. The predicted molar refractivity (Wildman–Crippen MR) is 137 cm³/mol. The van der Waals surface area contributed by atoms with Crippen LogP contribution in [-0.4, -0.2) is 29.5 Å². The average molecular weight is 485 g/mol. The van der Waals surface area contributed by atoms with Gasteiger partial charge in [-0.05, 0) is 49.1 Å². The Morgan fingerprint density at radius 1 is 1.03 bits per heavy atom. The Balaban J connectivity index is 1.64. The van der Waals surface area contributed by atoms with Crippen LogP contribution < -0.4 is 15.0 Å². The molecule has 0 aliphatic carbocycles. The molecule has 3 aromatic carbocycles. The number of benzene rings is 3. The van der Waals surface area contributed by atoms with E-state index in [2.05, 4.69) is 10.5 Å². The van der Waals surface area contributed by atoms with Crippen molar-refractivity contribution in [1.82, 2.24) is 15.5 Å². The molecule has 1 aliphatic heterocycles. The molecule has 7 nitrogen and oxygen atoms in total. The van der Waals surface area contributed by atoms with E-state index in [1.807, 2.05) is 92.0 Å². The second kappa shape index (κ2) is 9.68. The van der Waals surface area contributed by atoms with Gasteiger partial charge in [0, 0.05) is 16.2 Å². The number of carbonyl (C=O) groups excluding carboxylic acids is 1. The van der Waals surface area contributed by atoms with Gasteiger partial charge in [-0.3, -0.25) is 4.90 Å². The topological polar surface area (TPSA) is 80.5 Å². The van der Waals surface area contributed by atoms with Gasteiger partial charge in [-0.15, -0.1) is 11.8 Å². The summed E-state index contributed by atoms with van der Waals surface area (Å²) >= 11 is 1.62. The van der Waals surface area contributed by atoms with Crippen LogP contribution in [0.5, 0.6) is 5.75 Å². The van der Waals surface area contributed by atoms with Crippen molar-refractivity contribution in [1.29, 1.82) is 0 Å². The number of ether oxygens (including phenoxy) is 1. The second-order valence-corrected chi connectivity index (χ2v) is 8.86. The zero-order valence-corrected chi connectivity index (χ0v) is 20.4. The van der Waals surface area contributed by atoms with Crippen LogP contribution in [0.4, 0.5) is 10.5 Å². The summed E-state index contributed by atoms with van der Waals surface area (Å²) in [5.74, 6) is 1.50. The molecule has 2 heterocycles. The molecule has 0 fully saturated rings. The van der Waals surface area contributed by atoms with E-state index in [1.54, 1.807) is 23.8 Å². The molecule has 8 heteroatoms. The van der Waals surface area contributed by atoms with Gasteiger partial charge in [0.1, 0.15) is 5.75 Å². The number of anilines is 1. The average Bonchev–Trinajstić information content (AvgIpc) is 3.39. The Bertz CT molecular complexity index is 1400. The first-order chi connectivity index (χ1) is 17.1. The summed E-state index contributed by atoms with van der Waals surface area (Å²) in [6, 6.07) is 24.5. The molecule has 1 unspecified atom stereocenters. The number of nitrogens with zero attached hydrogens (tertiary/aromatic N) is 3. The zero-order chi connectivity index (χ0) is 24.4. The first kappa shape index (κ1) is 22.7. The number of hydrogen-bond acceptors (Lipinski definition) is 6. The molecule has 0 saturated heterocycles. The third-order valence-corrected chi connectivity index (χ3v) is 6.64. The van der Waals surface area contributed by atoms with E-state index in [4.69, 9.17) is 14.2 Å². The summed E-state index contributed by atoms with van der Waals surface area (Å²) in [6.07, 6.45) is 2.01. The molecule has 5 rings (SSSR count). The minimum absolute atomic E-state index is 0.217. The van der Waals surface area contributed by atoms with E-state index in [1.165, 1.54) is 0 Å². The monoisotopic (exact) mass is 484 g/mol. The largest absolute Gasteiger partial charge is 0.497 e. The fraction of sp³-hybridized carbons (Fsp3) is 0.148. The van der Waals surface area contributed by atoms with Crippen LogP contribution in [0.25, 0.3) is 17.0 Å². The first-order valence-electron chi connectivity index (χ1n) is 11.1. The van der Waals surface area contributed by atoms with Crippen molar-refractivity contribution < 1.29 is 14.1 Å². The number of thioether (sulfide) groups is 1. The molecule has 1 atom stereocenters. The van der Waals surface area contributed by atoms with Crippen LogP contribution in [0.1, 0.15) is 24.4 Å². The van der Waals surface area contributed by atoms with Gasteiger partial charge in [0.05, 0.1) is 24.4 Å². The van der Waals surface area contributed by atoms with Gasteiger partial charge in [-0.1, -0.05) is 53.7 Å². The Morgan fingerprint density at radius 2 is 1.83 bits per heavy atom. The molecule has 1 aliphatic rings. The molecule has 4 aromatic rings. The summed E-state index contributed by atoms with van der Waals surface area (Å²) in [5.41, 5.74) is 3.93. The number of hydrogen-bond donors (Lipinski definition) is 1. The predicted octanol–water partition coefficient (Wildman–Crippen LogP) is 6.17. The number of methoxy groups -OCH3 is 1. The van der Waals surface area contributed by atoms with Crippen LogP contribution in [0.15, 0.2) is 94.0 Å². The van der Waals surface area contributed by atoms with Crippen molar-refractivity contribution in [2.24, 2.45) is 0 Å². The van der Waals surface area contributed by atoms with Gasteiger partial charge in [0.15, 0.2) is 0 Å². The molecule has 1 aromatic heterocycles. The van der Waals surface area contributed by atoms with Gasteiger partial charge in [-0.25, -0.2) is 4.79 Å². The zero-order valence-electron chi connectivity index (χ0n) is 19.6. The highest BCUT2D eigenvalue weighted by atomic mass is 32.2. The Hall–Kier alpha value is -4.04. The van der Waals surface area contributed by atoms with E-state index >= 15 is 0 Å². The molecule has 2 amide bonds. The SMILES string of the molecule is COc1cccc(-c2noc(C3=C(C)N(c4cccc(SC)c4)C(=O)NC3c3ccccc3)n2)c1. The van der Waals surface area contributed by atoms with Crippen LogP contribution in [-0.2, 0) is 0 Å². The Labute approximate surface area is 207 Å². The number of nitrogens with one attached hydrogen (secondary N) is 1. The number of carbonyl (C=O) groups is 1. The van der Waals surface area contributed by atoms with E-state index in [0.29, 0.717) is 17.5 Å². The summed E-state index contributed by atoms with van der Waals surface area (Å²) in [7, 11) is 1.62. The lowest BCUT2D eigenvalue weighted by Crippen LogP contribution is -2.46. The molecular weight excluding hydrogens is 460 g/mol. The standard InChI is InChI=1S/C27H24N4O3S/c1-17-23(26-29-25(30-34-26)19-11-7-13-21(15-19)33-2)24(18-9-5-4-6-10-18)28-27(32)31(17)20-12-8-14-22(16-20)35-3/h4-16,24H,1-3H3,(H,28,32). The molecule has 0 bridgehead atoms. The molecular formula is C27H24N4O3S. The highest BCUT2D eigenvalue weighted by Gasteiger charge is 2.36. The van der Waals surface area contributed by atoms with Crippen LogP contribution in [0.2, 0.25) is 0 Å². The van der Waals surface area contributed by atoms with Crippen molar-refractivity contribution in [3.8, 4) is 17.1 Å². The van der Waals surface area contributed by atoms with Gasteiger partial charge in [-0.2, -0.15) is 4.98 Å². The molecule has 0 saturated carbocycles. The van der Waals surface area contributed by atoms with E-state index < -0.39 is 6.04 Å². The number of urea groups is 1. The molecule has 0 spiro atoms. The maximum Gasteiger partial charge on any atom is 0.326 e. The summed E-state index contributed by atoms with van der Waals surface area (Å²) in [5, 5.41) is 7.37. The van der Waals surface area contributed by atoms with Crippen molar-refractivity contribution in [3.05, 3.63) is 96.0 Å². The van der Waals surface area contributed by atoms with Gasteiger partial charge in [0.25, 0.3) is 5.89 Å². The van der Waals surface area contributed by atoms with Gasteiger partial charge >= 0.3 is 6.03 Å². The normalized spacial score (nSPS) is 15.8. The molecule has 176 valence electrons. The molecule has 35 heavy (non-hydrogen) atoms. The van der Waals surface area contributed by atoms with Crippen molar-refractivity contribution in [3.63, 3.8) is 0 Å². The summed E-state index contributed by atoms with van der Waals surface area (Å²) in [4.78, 5) is 20.8. The minimum atomic E-state index is -0.442. The van der Waals surface area contributed by atoms with Crippen LogP contribution in [0, 0.1) is 0 Å². The van der Waals surface area contributed by atoms with Crippen LogP contribution >= 0.6 is 11.8 Å². The maximum absolute atomic E-state index is 13.4. The Morgan fingerprint density at radius 3 is 2.60 bits per heavy atom. The fourth-order valence-electron chi connectivity index (χ4n) is 4.19. The summed E-state index contributed by atoms with van der Waals surface area (Å²) in [6.45, 7) is 1.91. The van der Waals surface area contributed by atoms with E-state index in [9.17, 15) is 4.79 Å². The lowest BCUT2D eigenvalue weighted by atomic mass is 9.94. The van der Waals surface area contributed by atoms with E-state index in [-0.39, 0.29) is 6.03 Å². The van der Waals surface area contributed by atoms with Gasteiger partial charge in [0.2, 0.25) is 5.82 Å². The second-order valence-electron chi connectivity index (χ2n) is 7.98. The van der Waals surface area contributed by atoms with Gasteiger partial charge < -0.3 is 14.6 Å².